The van der Waals surface area contributed by atoms with Crippen LogP contribution in [0.4, 0.5) is 5.82 Å². The number of hydrogen-bond acceptors (Lipinski definition) is 5. The smallest absolute Gasteiger partial charge is 0.169 e. The maximum atomic E-state index is 5.92. The van der Waals surface area contributed by atoms with Crippen molar-refractivity contribution in [2.75, 3.05) is 12.3 Å². The Morgan fingerprint density at radius 1 is 1.35 bits per heavy atom. The average Bonchev–Trinajstić information content (AvgIpc) is 2.81. The number of para-hydroxylation sites is 2. The summed E-state index contributed by atoms with van der Waals surface area (Å²) in [6.45, 7) is 3.20. The van der Waals surface area contributed by atoms with E-state index in [4.69, 9.17) is 15.2 Å². The van der Waals surface area contributed by atoms with Gasteiger partial charge in [-0.25, -0.2) is 4.68 Å². The van der Waals surface area contributed by atoms with Crippen LogP contribution in [-0.4, -0.2) is 27.7 Å². The highest BCUT2D eigenvalue weighted by Crippen LogP contribution is 2.31. The minimum Gasteiger partial charge on any atom is -0.486 e. The van der Waals surface area contributed by atoms with Gasteiger partial charge in [0.25, 0.3) is 0 Å². The first kappa shape index (κ1) is 12.8. The number of ether oxygens (including phenoxy) is 2. The number of nitrogens with two attached hydrogens (primary N) is 1. The lowest BCUT2D eigenvalue weighted by molar-refractivity contribution is 0.0748. The van der Waals surface area contributed by atoms with Gasteiger partial charge in [-0.1, -0.05) is 30.7 Å². The lowest BCUT2D eigenvalue weighted by atomic mass is 10.2. The predicted molar refractivity (Wildman–Crippen MR) is 74.8 cm³/mol. The van der Waals surface area contributed by atoms with Gasteiger partial charge in [0, 0.05) is 0 Å². The van der Waals surface area contributed by atoms with E-state index in [0.717, 1.165) is 30.0 Å². The van der Waals surface area contributed by atoms with E-state index in [1.54, 1.807) is 0 Å². The zero-order valence-corrected chi connectivity index (χ0v) is 11.5. The maximum absolute atomic E-state index is 5.92. The monoisotopic (exact) mass is 274 g/mol. The van der Waals surface area contributed by atoms with Gasteiger partial charge in [-0.15, -0.1) is 5.10 Å². The van der Waals surface area contributed by atoms with Crippen molar-refractivity contribution >= 4 is 5.82 Å². The van der Waals surface area contributed by atoms with Crippen LogP contribution in [0.2, 0.25) is 0 Å². The van der Waals surface area contributed by atoms with Crippen LogP contribution in [0.25, 0.3) is 0 Å². The summed E-state index contributed by atoms with van der Waals surface area (Å²) < 4.78 is 13.4. The first-order valence-electron chi connectivity index (χ1n) is 6.84. The third kappa shape index (κ3) is 2.41. The third-order valence-corrected chi connectivity index (χ3v) is 3.30. The zero-order valence-electron chi connectivity index (χ0n) is 11.5. The van der Waals surface area contributed by atoms with Gasteiger partial charge < -0.3 is 15.2 Å². The number of nitrogen functional groups attached to an aromatic ring is 1. The molecule has 0 spiro atoms. The van der Waals surface area contributed by atoms with Gasteiger partial charge in [0.05, 0.1) is 12.2 Å². The van der Waals surface area contributed by atoms with E-state index in [1.807, 2.05) is 28.9 Å². The molecule has 1 aromatic heterocycles. The molecule has 20 heavy (non-hydrogen) atoms. The number of benzene rings is 1. The van der Waals surface area contributed by atoms with Crippen molar-refractivity contribution in [3.05, 3.63) is 30.0 Å². The molecule has 0 radical (unpaired) electrons. The fourth-order valence-corrected chi connectivity index (χ4v) is 2.33. The Balaban J connectivity index is 1.74. The van der Waals surface area contributed by atoms with Crippen LogP contribution in [-0.2, 0) is 13.0 Å². The second kappa shape index (κ2) is 5.40. The molecule has 1 aliphatic heterocycles. The van der Waals surface area contributed by atoms with Crippen LogP contribution in [0.15, 0.2) is 24.3 Å². The molecule has 3 rings (SSSR count). The van der Waals surface area contributed by atoms with Gasteiger partial charge in [0.15, 0.2) is 23.4 Å². The van der Waals surface area contributed by atoms with Crippen LogP contribution in [0.5, 0.6) is 11.5 Å². The lowest BCUT2D eigenvalue weighted by Crippen LogP contribution is -2.34. The van der Waals surface area contributed by atoms with Crippen molar-refractivity contribution in [2.24, 2.45) is 0 Å². The molecule has 6 nitrogen and oxygen atoms in total. The van der Waals surface area contributed by atoms with Gasteiger partial charge in [0.1, 0.15) is 6.61 Å². The lowest BCUT2D eigenvalue weighted by Gasteiger charge is -2.26. The van der Waals surface area contributed by atoms with Crippen LogP contribution in [0.3, 0.4) is 0 Å². The Morgan fingerprint density at radius 2 is 2.15 bits per heavy atom. The summed E-state index contributed by atoms with van der Waals surface area (Å²) in [5.74, 6) is 2.06. The van der Waals surface area contributed by atoms with Gasteiger partial charge in [-0.05, 0) is 18.6 Å². The molecule has 2 N–H and O–H groups in total. The first-order valence-corrected chi connectivity index (χ1v) is 6.84. The normalized spacial score (nSPS) is 17.1. The van der Waals surface area contributed by atoms with Crippen molar-refractivity contribution in [1.82, 2.24) is 15.0 Å². The predicted octanol–water partition coefficient (Wildman–Crippen LogP) is 1.65. The summed E-state index contributed by atoms with van der Waals surface area (Å²) in [7, 11) is 0. The zero-order chi connectivity index (χ0) is 13.9. The molecule has 2 aromatic rings. The van der Waals surface area contributed by atoms with Crippen molar-refractivity contribution in [1.29, 1.82) is 0 Å². The van der Waals surface area contributed by atoms with Crippen LogP contribution in [0, 0.1) is 0 Å². The van der Waals surface area contributed by atoms with Gasteiger partial charge in [-0.2, -0.15) is 0 Å². The molecule has 0 saturated heterocycles. The van der Waals surface area contributed by atoms with Crippen molar-refractivity contribution in [3.8, 4) is 11.5 Å². The molecule has 1 aliphatic rings. The fraction of sp³-hybridized carbons (Fsp3) is 0.429. The summed E-state index contributed by atoms with van der Waals surface area (Å²) in [6, 6.07) is 7.67. The van der Waals surface area contributed by atoms with E-state index >= 15 is 0 Å². The number of nitrogens with zero attached hydrogens (tertiary/aromatic N) is 3. The fourth-order valence-electron chi connectivity index (χ4n) is 2.33. The first-order chi connectivity index (χ1) is 9.78. The van der Waals surface area contributed by atoms with Crippen molar-refractivity contribution in [3.63, 3.8) is 0 Å². The second-order valence-electron chi connectivity index (χ2n) is 4.85. The largest absolute Gasteiger partial charge is 0.486 e. The number of fused-ring (bicyclic) bond motifs is 1. The van der Waals surface area contributed by atoms with Crippen LogP contribution < -0.4 is 15.2 Å². The molecular formula is C14H18N4O2. The average molecular weight is 274 g/mol. The molecule has 106 valence electrons. The highest BCUT2D eigenvalue weighted by atomic mass is 16.6. The highest BCUT2D eigenvalue weighted by molar-refractivity contribution is 5.40. The summed E-state index contributed by atoms with van der Waals surface area (Å²) >= 11 is 0. The van der Waals surface area contributed by atoms with Crippen molar-refractivity contribution < 1.29 is 9.47 Å². The van der Waals surface area contributed by atoms with E-state index in [0.29, 0.717) is 19.0 Å². The maximum Gasteiger partial charge on any atom is 0.169 e. The Labute approximate surface area is 117 Å². The summed E-state index contributed by atoms with van der Waals surface area (Å²) in [6.07, 6.45) is 1.78. The van der Waals surface area contributed by atoms with Gasteiger partial charge in [0.2, 0.25) is 0 Å². The Morgan fingerprint density at radius 3 is 2.95 bits per heavy atom. The SMILES string of the molecule is CCCc1c(N)nnn1CC1COc2ccccc2O1. The molecule has 0 aliphatic carbocycles. The molecule has 0 bridgehead atoms. The summed E-state index contributed by atoms with van der Waals surface area (Å²) in [5.41, 5.74) is 6.81. The topological polar surface area (TPSA) is 75.2 Å². The second-order valence-corrected chi connectivity index (χ2v) is 4.85. The van der Waals surface area contributed by atoms with E-state index in [9.17, 15) is 0 Å². The minimum atomic E-state index is -0.0818. The standard InChI is InChI=1S/C14H18N4O2/c1-2-5-11-14(15)16-17-18(11)8-10-9-19-12-6-3-4-7-13(12)20-10/h3-4,6-7,10H,2,5,8-9,15H2,1H3. The molecule has 1 aromatic carbocycles. The molecule has 0 saturated carbocycles. The quantitative estimate of drug-likeness (QED) is 0.917. The molecular weight excluding hydrogens is 256 g/mol. The molecule has 0 fully saturated rings. The van der Waals surface area contributed by atoms with Crippen molar-refractivity contribution in [2.45, 2.75) is 32.4 Å². The van der Waals surface area contributed by atoms with Gasteiger partial charge >= 0.3 is 0 Å². The number of aromatic nitrogens is 3. The Bertz CT molecular complexity index is 597. The van der Waals surface area contributed by atoms with E-state index < -0.39 is 0 Å². The molecule has 1 atom stereocenters. The molecule has 1 unspecified atom stereocenters. The van der Waals surface area contributed by atoms with E-state index in [2.05, 4.69) is 17.2 Å². The van der Waals surface area contributed by atoms with Crippen LogP contribution in [0.1, 0.15) is 19.0 Å². The number of rotatable bonds is 4. The minimum absolute atomic E-state index is 0.0818. The molecule has 2 heterocycles. The highest BCUT2D eigenvalue weighted by Gasteiger charge is 2.22. The van der Waals surface area contributed by atoms with E-state index in [1.165, 1.54) is 0 Å². The third-order valence-electron chi connectivity index (χ3n) is 3.30. The number of hydrogen-bond donors (Lipinski definition) is 1. The molecule has 0 amide bonds. The van der Waals surface area contributed by atoms with Gasteiger partial charge in [-0.3, -0.25) is 0 Å². The summed E-state index contributed by atoms with van der Waals surface area (Å²) in [5, 5.41) is 8.03. The molecule has 6 heteroatoms. The summed E-state index contributed by atoms with van der Waals surface area (Å²) in [4.78, 5) is 0. The van der Waals surface area contributed by atoms with Crippen LogP contribution >= 0.6 is 0 Å². The Hall–Kier alpha value is -2.24. The number of anilines is 1. The van der Waals surface area contributed by atoms with E-state index in [-0.39, 0.29) is 6.10 Å². The Kier molecular flexibility index (Phi) is 3.45.